The quantitative estimate of drug-likeness (QED) is 0.540. The summed E-state index contributed by atoms with van der Waals surface area (Å²) in [6.45, 7) is 0.662. The molecule has 0 unspecified atom stereocenters. The molecule has 0 radical (unpaired) electrons. The summed E-state index contributed by atoms with van der Waals surface area (Å²) in [4.78, 5) is 11.3. The van der Waals surface area contributed by atoms with Crippen molar-refractivity contribution in [3.05, 3.63) is 24.3 Å². The normalized spacial score (nSPS) is 9.67. The molecule has 0 aliphatic carbocycles. The van der Waals surface area contributed by atoms with Crippen molar-refractivity contribution in [2.45, 2.75) is 0 Å². The van der Waals surface area contributed by atoms with E-state index in [-0.39, 0.29) is 6.03 Å². The molecule has 0 spiro atoms. The zero-order chi connectivity index (χ0) is 11.1. The second kappa shape index (κ2) is 6.19. The fraction of sp³-hybridized carbons (Fsp3) is 0.300. The van der Waals surface area contributed by atoms with E-state index >= 15 is 0 Å². The van der Waals surface area contributed by atoms with E-state index in [4.69, 9.17) is 5.73 Å². The Bertz CT molecular complexity index is 330. The van der Waals surface area contributed by atoms with E-state index in [9.17, 15) is 4.79 Å². The van der Waals surface area contributed by atoms with Gasteiger partial charge in [-0.25, -0.2) is 4.79 Å². The van der Waals surface area contributed by atoms with Gasteiger partial charge in [-0.05, 0) is 24.5 Å². The molecule has 0 aromatic heterocycles. The molecule has 82 valence electrons. The Morgan fingerprint density at radius 1 is 1.53 bits per heavy atom. The zero-order valence-electron chi connectivity index (χ0n) is 8.62. The highest BCUT2D eigenvalue weighted by molar-refractivity contribution is 7.98. The maximum Gasteiger partial charge on any atom is 0.319 e. The van der Waals surface area contributed by atoms with Crippen molar-refractivity contribution in [3.8, 4) is 0 Å². The number of rotatable bonds is 4. The lowest BCUT2D eigenvalue weighted by molar-refractivity contribution is 0.252. The molecule has 0 bridgehead atoms. The van der Waals surface area contributed by atoms with Gasteiger partial charge < -0.3 is 16.4 Å². The van der Waals surface area contributed by atoms with Crippen LogP contribution in [0.5, 0.6) is 0 Å². The number of benzene rings is 1. The average Bonchev–Trinajstić information content (AvgIpc) is 2.18. The van der Waals surface area contributed by atoms with E-state index in [1.54, 1.807) is 36.0 Å². The highest BCUT2D eigenvalue weighted by Crippen LogP contribution is 2.11. The van der Waals surface area contributed by atoms with Gasteiger partial charge in [0, 0.05) is 23.7 Å². The number of hydrogen-bond acceptors (Lipinski definition) is 3. The van der Waals surface area contributed by atoms with Gasteiger partial charge in [-0.1, -0.05) is 6.07 Å². The third-order valence-corrected chi connectivity index (χ3v) is 2.35. The smallest absolute Gasteiger partial charge is 0.319 e. The first-order valence-electron chi connectivity index (χ1n) is 4.61. The summed E-state index contributed by atoms with van der Waals surface area (Å²) in [7, 11) is 0. The number of thioether (sulfide) groups is 1. The van der Waals surface area contributed by atoms with E-state index in [0.29, 0.717) is 17.9 Å². The molecule has 2 amide bonds. The Kier molecular flexibility index (Phi) is 4.83. The van der Waals surface area contributed by atoms with Crippen LogP contribution in [0.1, 0.15) is 0 Å². The summed E-state index contributed by atoms with van der Waals surface area (Å²) in [5.41, 5.74) is 6.92. The zero-order valence-corrected chi connectivity index (χ0v) is 9.43. The van der Waals surface area contributed by atoms with Crippen LogP contribution in [0.4, 0.5) is 16.2 Å². The minimum absolute atomic E-state index is 0.199. The summed E-state index contributed by atoms with van der Waals surface area (Å²) >= 11 is 1.69. The molecule has 1 aromatic carbocycles. The molecule has 0 saturated heterocycles. The molecule has 0 aliphatic heterocycles. The predicted octanol–water partition coefficient (Wildman–Crippen LogP) is 1.75. The molecule has 0 aliphatic rings. The van der Waals surface area contributed by atoms with E-state index < -0.39 is 0 Å². The molecule has 15 heavy (non-hydrogen) atoms. The maximum absolute atomic E-state index is 11.3. The number of nitrogen functional groups attached to an aromatic ring is 1. The van der Waals surface area contributed by atoms with Gasteiger partial charge in [0.05, 0.1) is 0 Å². The maximum atomic E-state index is 11.3. The summed E-state index contributed by atoms with van der Waals surface area (Å²) in [5.74, 6) is 0.907. The lowest BCUT2D eigenvalue weighted by atomic mass is 10.3. The first kappa shape index (κ1) is 11.7. The van der Waals surface area contributed by atoms with Crippen LogP contribution in [0.3, 0.4) is 0 Å². The van der Waals surface area contributed by atoms with Crippen molar-refractivity contribution in [3.63, 3.8) is 0 Å². The monoisotopic (exact) mass is 225 g/mol. The number of carbonyl (C=O) groups excluding carboxylic acids is 1. The number of urea groups is 1. The number of carbonyl (C=O) groups is 1. The Balaban J connectivity index is 2.37. The van der Waals surface area contributed by atoms with Crippen molar-refractivity contribution in [1.29, 1.82) is 0 Å². The second-order valence-electron chi connectivity index (χ2n) is 3.00. The van der Waals surface area contributed by atoms with Gasteiger partial charge in [0.25, 0.3) is 0 Å². The predicted molar refractivity (Wildman–Crippen MR) is 66.3 cm³/mol. The Labute approximate surface area is 93.6 Å². The SMILES string of the molecule is CSCCNC(=O)Nc1cccc(N)c1. The summed E-state index contributed by atoms with van der Waals surface area (Å²) in [5, 5.41) is 5.44. The third kappa shape index (κ3) is 4.60. The number of nitrogens with two attached hydrogens (primary N) is 1. The fourth-order valence-corrected chi connectivity index (χ4v) is 1.36. The highest BCUT2D eigenvalue weighted by Gasteiger charge is 1.99. The summed E-state index contributed by atoms with van der Waals surface area (Å²) < 4.78 is 0. The van der Waals surface area contributed by atoms with E-state index in [2.05, 4.69) is 10.6 Å². The van der Waals surface area contributed by atoms with Crippen LogP contribution in [-0.4, -0.2) is 24.6 Å². The van der Waals surface area contributed by atoms with Gasteiger partial charge in [0.2, 0.25) is 0 Å². The lowest BCUT2D eigenvalue weighted by Gasteiger charge is -2.07. The molecule has 0 fully saturated rings. The van der Waals surface area contributed by atoms with Crippen LogP contribution in [0.15, 0.2) is 24.3 Å². The lowest BCUT2D eigenvalue weighted by Crippen LogP contribution is -2.30. The molecular formula is C10H15N3OS. The first-order valence-corrected chi connectivity index (χ1v) is 6.01. The van der Waals surface area contributed by atoms with E-state index in [1.165, 1.54) is 0 Å². The molecular weight excluding hydrogens is 210 g/mol. The minimum atomic E-state index is -0.199. The van der Waals surface area contributed by atoms with Gasteiger partial charge in [-0.3, -0.25) is 0 Å². The minimum Gasteiger partial charge on any atom is -0.399 e. The molecule has 0 saturated carbocycles. The molecule has 1 rings (SSSR count). The number of anilines is 2. The Hall–Kier alpha value is -1.36. The number of hydrogen-bond donors (Lipinski definition) is 3. The van der Waals surface area contributed by atoms with Crippen LogP contribution in [0, 0.1) is 0 Å². The van der Waals surface area contributed by atoms with Gasteiger partial charge in [-0.15, -0.1) is 0 Å². The van der Waals surface area contributed by atoms with Crippen molar-refractivity contribution in [1.82, 2.24) is 5.32 Å². The van der Waals surface area contributed by atoms with Gasteiger partial charge in [0.1, 0.15) is 0 Å². The first-order chi connectivity index (χ1) is 7.22. The summed E-state index contributed by atoms with van der Waals surface area (Å²) in [6.07, 6.45) is 2.00. The van der Waals surface area contributed by atoms with Crippen LogP contribution >= 0.6 is 11.8 Å². The van der Waals surface area contributed by atoms with Crippen molar-refractivity contribution < 1.29 is 4.79 Å². The third-order valence-electron chi connectivity index (χ3n) is 1.74. The molecule has 1 aromatic rings. The molecule has 0 heterocycles. The molecule has 4 N–H and O–H groups in total. The van der Waals surface area contributed by atoms with Crippen LogP contribution in [-0.2, 0) is 0 Å². The highest BCUT2D eigenvalue weighted by atomic mass is 32.2. The van der Waals surface area contributed by atoms with Gasteiger partial charge in [-0.2, -0.15) is 11.8 Å². The summed E-state index contributed by atoms with van der Waals surface area (Å²) in [6, 6.07) is 6.89. The average molecular weight is 225 g/mol. The van der Waals surface area contributed by atoms with Gasteiger partial charge >= 0.3 is 6.03 Å². The van der Waals surface area contributed by atoms with Crippen molar-refractivity contribution >= 4 is 29.2 Å². The van der Waals surface area contributed by atoms with E-state index in [0.717, 1.165) is 5.75 Å². The molecule has 5 heteroatoms. The van der Waals surface area contributed by atoms with Gasteiger partial charge in [0.15, 0.2) is 0 Å². The topological polar surface area (TPSA) is 67.2 Å². The van der Waals surface area contributed by atoms with Crippen LogP contribution < -0.4 is 16.4 Å². The van der Waals surface area contributed by atoms with E-state index in [1.807, 2.05) is 6.26 Å². The molecule has 4 nitrogen and oxygen atoms in total. The standard InChI is InChI=1S/C10H15N3OS/c1-15-6-5-12-10(14)13-9-4-2-3-8(11)7-9/h2-4,7H,5-6,11H2,1H3,(H2,12,13,14). The Morgan fingerprint density at radius 3 is 3.00 bits per heavy atom. The van der Waals surface area contributed by atoms with Crippen molar-refractivity contribution in [2.75, 3.05) is 29.6 Å². The largest absolute Gasteiger partial charge is 0.399 e. The second-order valence-corrected chi connectivity index (χ2v) is 3.98. The Morgan fingerprint density at radius 2 is 2.33 bits per heavy atom. The fourth-order valence-electron chi connectivity index (χ4n) is 1.06. The van der Waals surface area contributed by atoms with Crippen LogP contribution in [0.25, 0.3) is 0 Å². The number of amides is 2. The molecule has 0 atom stereocenters. The van der Waals surface area contributed by atoms with Crippen LogP contribution in [0.2, 0.25) is 0 Å². The number of nitrogens with one attached hydrogen (secondary N) is 2. The van der Waals surface area contributed by atoms with Crippen molar-refractivity contribution in [2.24, 2.45) is 0 Å².